The zero-order valence-corrected chi connectivity index (χ0v) is 10.8. The van der Waals surface area contributed by atoms with E-state index in [2.05, 4.69) is 46.1 Å². The molecule has 0 atom stereocenters. The van der Waals surface area contributed by atoms with Crippen LogP contribution in [-0.2, 0) is 13.0 Å². The molecule has 0 bridgehead atoms. The molecule has 2 aromatic rings. The van der Waals surface area contributed by atoms with Crippen molar-refractivity contribution < 1.29 is 33.4 Å². The summed E-state index contributed by atoms with van der Waals surface area (Å²) >= 11 is 0. The van der Waals surface area contributed by atoms with E-state index in [4.69, 9.17) is 18.6 Å². The number of rotatable bonds is 1. The summed E-state index contributed by atoms with van der Waals surface area (Å²) in [5, 5.41) is 0. The molecule has 0 aliphatic carbocycles. The molecule has 19 heavy (non-hydrogen) atoms. The Labute approximate surface area is 112 Å². The molecule has 0 spiro atoms. The lowest BCUT2D eigenvalue weighted by Crippen LogP contribution is -2.58. The molecule has 0 amide bonds. The summed E-state index contributed by atoms with van der Waals surface area (Å²) < 4.78 is 35.1. The van der Waals surface area contributed by atoms with Gasteiger partial charge in [-0.15, -0.1) is 0 Å². The number of halogens is 1. The van der Waals surface area contributed by atoms with Gasteiger partial charge in [0.05, 0.1) is 27.9 Å². The van der Waals surface area contributed by atoms with Gasteiger partial charge in [0.15, 0.2) is 5.69 Å². The normalized spacial score (nSPS) is 13.7. The van der Waals surface area contributed by atoms with Gasteiger partial charge < -0.3 is 0 Å². The van der Waals surface area contributed by atoms with Crippen LogP contribution in [0.15, 0.2) is 36.5 Å². The van der Waals surface area contributed by atoms with Gasteiger partial charge in [-0.25, -0.2) is 9.55 Å². The van der Waals surface area contributed by atoms with Crippen LogP contribution in [0.3, 0.4) is 0 Å². The molecule has 2 heterocycles. The number of nitrogens with one attached hydrogen (secondary N) is 1. The summed E-state index contributed by atoms with van der Waals surface area (Å²) in [6.07, 6.45) is 4.57. The Balaban J connectivity index is 0.000000232. The number of H-pyrrole nitrogens is 1. The van der Waals surface area contributed by atoms with Crippen molar-refractivity contribution in [3.63, 3.8) is 0 Å². The van der Waals surface area contributed by atoms with E-state index in [-0.39, 0.29) is 0 Å². The van der Waals surface area contributed by atoms with Crippen LogP contribution in [0.25, 0.3) is 11.3 Å². The van der Waals surface area contributed by atoms with Crippen LogP contribution >= 0.6 is 0 Å². The minimum atomic E-state index is -4.69. The summed E-state index contributed by atoms with van der Waals surface area (Å²) in [5.41, 5.74) is 2.62. The molecule has 1 aliphatic rings. The Morgan fingerprint density at radius 2 is 1.79 bits per heavy atom. The van der Waals surface area contributed by atoms with Gasteiger partial charge in [-0.2, -0.15) is 14.0 Å². The largest absolute Gasteiger partial charge is 0.254 e. The average Bonchev–Trinajstić information content (AvgIpc) is 2.89. The molecule has 102 valence electrons. The second-order valence-electron chi connectivity index (χ2n) is 4.14. The quantitative estimate of drug-likeness (QED) is 0.579. The van der Waals surface area contributed by atoms with Crippen LogP contribution in [0.4, 0.5) is 0 Å². The molecular formula is C12H14ClN2O4+. The Kier molecular flexibility index (Phi) is 4.18. The van der Waals surface area contributed by atoms with Gasteiger partial charge in [-0.05, 0) is 6.42 Å². The maximum atomic E-state index is 8.60. The lowest BCUT2D eigenvalue weighted by Gasteiger charge is -2.03. The predicted octanol–water partition coefficient (Wildman–Crippen LogP) is -2.21. The minimum absolute atomic E-state index is 1.16. The fourth-order valence-corrected chi connectivity index (χ4v) is 2.17. The third-order valence-corrected chi connectivity index (χ3v) is 2.86. The van der Waals surface area contributed by atoms with Gasteiger partial charge in [0.25, 0.3) is 5.82 Å². The van der Waals surface area contributed by atoms with Gasteiger partial charge in [-0.1, -0.05) is 30.3 Å². The molecule has 0 radical (unpaired) electrons. The standard InChI is InChI=1S/C12H12N2.ClHO4/c1-2-5-10(6-3-1)11-9-13-12-7-4-8-14(11)12;2-1(3,4)5/h1-3,5-6,9H,4,7-8H2;(H,2,3,4,5)/p+1. The van der Waals surface area contributed by atoms with Crippen molar-refractivity contribution in [2.24, 2.45) is 0 Å². The van der Waals surface area contributed by atoms with Gasteiger partial charge in [0.1, 0.15) is 6.20 Å². The number of aryl methyl sites for hydroxylation is 1. The van der Waals surface area contributed by atoms with Gasteiger partial charge >= 0.3 is 0 Å². The van der Waals surface area contributed by atoms with Crippen LogP contribution in [0.1, 0.15) is 12.2 Å². The van der Waals surface area contributed by atoms with E-state index in [1.807, 2.05) is 0 Å². The van der Waals surface area contributed by atoms with Crippen molar-refractivity contribution in [1.82, 2.24) is 4.98 Å². The molecule has 7 heteroatoms. The Morgan fingerprint density at radius 3 is 2.42 bits per heavy atom. The summed E-state index contributed by atoms with van der Waals surface area (Å²) in [6, 6.07) is 10.6. The van der Waals surface area contributed by atoms with Crippen molar-refractivity contribution in [2.75, 3.05) is 0 Å². The van der Waals surface area contributed by atoms with Crippen molar-refractivity contribution in [1.29, 1.82) is 0 Å². The number of fused-ring (bicyclic) bond motifs is 1. The Morgan fingerprint density at radius 1 is 1.16 bits per heavy atom. The van der Waals surface area contributed by atoms with E-state index in [1.54, 1.807) is 0 Å². The van der Waals surface area contributed by atoms with Crippen molar-refractivity contribution in [3.05, 3.63) is 42.4 Å². The lowest BCUT2D eigenvalue weighted by atomic mass is 10.2. The van der Waals surface area contributed by atoms with Gasteiger partial charge in [0, 0.05) is 5.56 Å². The SMILES string of the molecule is [O-][Cl+3]([O-])([O-])O.c1ccc(-c2c[nH]c3[n+]2CCC3)cc1. The first-order valence-electron chi connectivity index (χ1n) is 5.74. The second-order valence-corrected chi connectivity index (χ2v) is 4.93. The van der Waals surface area contributed by atoms with Crippen molar-refractivity contribution in [3.8, 4) is 11.3 Å². The number of aromatic amines is 1. The van der Waals surface area contributed by atoms with E-state index in [0.717, 1.165) is 6.54 Å². The molecule has 0 fully saturated rings. The number of aromatic nitrogens is 2. The Bertz CT molecular complexity index is 530. The third kappa shape index (κ3) is 4.02. The monoisotopic (exact) mass is 285 g/mol. The molecule has 3 rings (SSSR count). The van der Waals surface area contributed by atoms with Crippen LogP contribution in [0.2, 0.25) is 0 Å². The van der Waals surface area contributed by atoms with Crippen LogP contribution in [0, 0.1) is 10.2 Å². The molecule has 0 saturated heterocycles. The summed E-state index contributed by atoms with van der Waals surface area (Å²) in [4.78, 5) is 3.35. The predicted molar refractivity (Wildman–Crippen MR) is 57.0 cm³/mol. The highest BCUT2D eigenvalue weighted by Crippen LogP contribution is 2.17. The van der Waals surface area contributed by atoms with E-state index in [0.29, 0.717) is 0 Å². The molecule has 0 saturated carbocycles. The van der Waals surface area contributed by atoms with Gasteiger partial charge in [-0.3, -0.25) is 0 Å². The number of imidazole rings is 1. The molecule has 6 nitrogen and oxygen atoms in total. The first-order chi connectivity index (χ1) is 8.95. The third-order valence-electron chi connectivity index (χ3n) is 2.86. The summed E-state index contributed by atoms with van der Waals surface area (Å²) in [7, 11) is -4.69. The molecule has 1 aromatic heterocycles. The fourth-order valence-electron chi connectivity index (χ4n) is 2.17. The second kappa shape index (κ2) is 5.68. The minimum Gasteiger partial charge on any atom is -0.247 e. The van der Waals surface area contributed by atoms with Gasteiger partial charge in [0.2, 0.25) is 0 Å². The van der Waals surface area contributed by atoms with E-state index >= 15 is 0 Å². The van der Waals surface area contributed by atoms with Crippen LogP contribution in [-0.4, -0.2) is 9.64 Å². The fraction of sp³-hybridized carbons (Fsp3) is 0.250. The first kappa shape index (κ1) is 14.0. The lowest BCUT2D eigenvalue weighted by molar-refractivity contribution is -1.92. The maximum Gasteiger partial charge on any atom is 0.254 e. The average molecular weight is 286 g/mol. The maximum absolute atomic E-state index is 8.60. The van der Waals surface area contributed by atoms with Crippen LogP contribution in [0.5, 0.6) is 0 Å². The molecule has 1 aliphatic heterocycles. The molecule has 0 unspecified atom stereocenters. The topological polar surface area (TPSA) is 109 Å². The molecule has 2 N–H and O–H groups in total. The van der Waals surface area contributed by atoms with Crippen molar-refractivity contribution >= 4 is 0 Å². The molecular weight excluding hydrogens is 272 g/mol. The molecule has 1 aromatic carbocycles. The van der Waals surface area contributed by atoms with Crippen molar-refractivity contribution in [2.45, 2.75) is 19.4 Å². The zero-order valence-electron chi connectivity index (χ0n) is 10.1. The van der Waals surface area contributed by atoms with E-state index < -0.39 is 10.2 Å². The smallest absolute Gasteiger partial charge is 0.247 e. The summed E-state index contributed by atoms with van der Waals surface area (Å²) in [5.74, 6) is 1.36. The zero-order chi connectivity index (χ0) is 13.9. The number of nitrogens with zero attached hydrogens (tertiary/aromatic N) is 1. The number of benzene rings is 1. The Hall–Kier alpha value is -1.44. The summed E-state index contributed by atoms with van der Waals surface area (Å²) in [6.45, 7) is 1.16. The van der Waals surface area contributed by atoms with E-state index in [9.17, 15) is 0 Å². The number of hydrogen-bond acceptors (Lipinski definition) is 4. The highest BCUT2D eigenvalue weighted by Gasteiger charge is 2.23. The highest BCUT2D eigenvalue weighted by molar-refractivity contribution is 5.54. The van der Waals surface area contributed by atoms with E-state index in [1.165, 1.54) is 29.9 Å². The highest BCUT2D eigenvalue weighted by atomic mass is 35.7. The van der Waals surface area contributed by atoms with Crippen LogP contribution < -0.4 is 18.5 Å². The first-order valence-corrected chi connectivity index (χ1v) is 7.00. The number of hydrogen-bond donors (Lipinski definition) is 2.